The molecule has 0 saturated carbocycles. The average Bonchev–Trinajstić information content (AvgIpc) is 3.02. The Labute approximate surface area is 139 Å². The normalized spacial score (nSPS) is 14.7. The molecule has 0 bridgehead atoms. The van der Waals surface area contributed by atoms with Gasteiger partial charge in [-0.2, -0.15) is 0 Å². The van der Waals surface area contributed by atoms with Crippen molar-refractivity contribution in [1.82, 2.24) is 9.71 Å². The first-order chi connectivity index (χ1) is 11.5. The van der Waals surface area contributed by atoms with Gasteiger partial charge in [0.15, 0.2) is 0 Å². The van der Waals surface area contributed by atoms with Crippen LogP contribution in [-0.4, -0.2) is 31.1 Å². The molecule has 0 amide bonds. The van der Waals surface area contributed by atoms with E-state index in [2.05, 4.69) is 9.71 Å². The predicted molar refractivity (Wildman–Crippen MR) is 85.2 cm³/mol. The minimum absolute atomic E-state index is 0.0815. The molecule has 1 aliphatic heterocycles. The smallest absolute Gasteiger partial charge is 0.305 e. The van der Waals surface area contributed by atoms with Crippen molar-refractivity contribution in [2.45, 2.75) is 23.8 Å². The number of hydrogen-bond donors (Lipinski definition) is 2. The van der Waals surface area contributed by atoms with Crippen molar-refractivity contribution in [2.75, 3.05) is 6.61 Å². The minimum atomic E-state index is -3.88. The molecule has 1 aromatic heterocycles. The van der Waals surface area contributed by atoms with Crippen LogP contribution in [0.1, 0.15) is 23.7 Å². The number of sulfonamides is 1. The molecule has 2 N–H and O–H groups in total. The van der Waals surface area contributed by atoms with Crippen LogP contribution in [0.4, 0.5) is 0 Å². The summed E-state index contributed by atoms with van der Waals surface area (Å²) in [5, 5.41) is 9.06. The lowest BCUT2D eigenvalue weighted by molar-refractivity contribution is -0.137. The fourth-order valence-corrected chi connectivity index (χ4v) is 3.81. The third-order valence-corrected chi connectivity index (χ3v) is 5.16. The van der Waals surface area contributed by atoms with Crippen molar-refractivity contribution in [3.8, 4) is 5.75 Å². The lowest BCUT2D eigenvalue weighted by Gasteiger charge is -2.17. The van der Waals surface area contributed by atoms with Gasteiger partial charge in [0.05, 0.1) is 29.7 Å². The van der Waals surface area contributed by atoms with Crippen LogP contribution < -0.4 is 9.46 Å². The van der Waals surface area contributed by atoms with Crippen molar-refractivity contribution in [1.29, 1.82) is 0 Å². The summed E-state index contributed by atoms with van der Waals surface area (Å²) in [6, 6.07) is 8.62. The molecule has 1 unspecified atom stereocenters. The number of benzene rings is 1. The third-order valence-electron chi connectivity index (χ3n) is 3.69. The summed E-state index contributed by atoms with van der Waals surface area (Å²) in [5.74, 6) is -0.434. The Kier molecular flexibility index (Phi) is 4.50. The van der Waals surface area contributed by atoms with E-state index in [4.69, 9.17) is 9.84 Å². The summed E-state index contributed by atoms with van der Waals surface area (Å²) in [6.07, 6.45) is 1.74. The Morgan fingerprint density at radius 2 is 2.17 bits per heavy atom. The van der Waals surface area contributed by atoms with Crippen molar-refractivity contribution >= 4 is 16.0 Å². The van der Waals surface area contributed by atoms with Crippen LogP contribution in [0.3, 0.4) is 0 Å². The summed E-state index contributed by atoms with van der Waals surface area (Å²) in [5.41, 5.74) is 1.18. The topological polar surface area (TPSA) is 106 Å². The van der Waals surface area contributed by atoms with E-state index in [9.17, 15) is 13.2 Å². The van der Waals surface area contributed by atoms with E-state index >= 15 is 0 Å². The minimum Gasteiger partial charge on any atom is -0.493 e. The molecular weight excluding hydrogens is 332 g/mol. The van der Waals surface area contributed by atoms with E-state index in [0.717, 1.165) is 5.56 Å². The fraction of sp³-hybridized carbons (Fsp3) is 0.250. The van der Waals surface area contributed by atoms with E-state index in [-0.39, 0.29) is 4.90 Å². The first kappa shape index (κ1) is 16.4. The highest BCUT2D eigenvalue weighted by atomic mass is 32.2. The van der Waals surface area contributed by atoms with Crippen molar-refractivity contribution < 1.29 is 23.1 Å². The monoisotopic (exact) mass is 348 g/mol. The SMILES string of the molecule is O=C(O)CC(NS(=O)(=O)c1ccc2c(c1)CCO2)c1ccccn1. The molecule has 24 heavy (non-hydrogen) atoms. The maximum absolute atomic E-state index is 12.6. The third kappa shape index (κ3) is 3.55. The molecule has 126 valence electrons. The average molecular weight is 348 g/mol. The van der Waals surface area contributed by atoms with Crippen molar-refractivity contribution in [3.05, 3.63) is 53.9 Å². The first-order valence-corrected chi connectivity index (χ1v) is 8.85. The highest BCUT2D eigenvalue weighted by Gasteiger charge is 2.25. The molecule has 7 nitrogen and oxygen atoms in total. The second-order valence-corrected chi connectivity index (χ2v) is 7.11. The largest absolute Gasteiger partial charge is 0.493 e. The van der Waals surface area contributed by atoms with Gasteiger partial charge in [0.1, 0.15) is 5.75 Å². The van der Waals surface area contributed by atoms with Crippen molar-refractivity contribution in [3.63, 3.8) is 0 Å². The molecule has 2 heterocycles. The second kappa shape index (κ2) is 6.58. The van der Waals surface area contributed by atoms with Gasteiger partial charge < -0.3 is 9.84 Å². The number of hydrogen-bond acceptors (Lipinski definition) is 5. The Balaban J connectivity index is 1.89. The van der Waals surface area contributed by atoms with Crippen LogP contribution >= 0.6 is 0 Å². The van der Waals surface area contributed by atoms with Gasteiger partial charge in [0.2, 0.25) is 10.0 Å². The summed E-state index contributed by atoms with van der Waals surface area (Å²) in [4.78, 5) is 15.2. The van der Waals surface area contributed by atoms with E-state index < -0.39 is 28.5 Å². The molecule has 1 aliphatic rings. The molecule has 8 heteroatoms. The first-order valence-electron chi connectivity index (χ1n) is 7.36. The molecule has 0 radical (unpaired) electrons. The number of ether oxygens (including phenoxy) is 1. The molecule has 3 rings (SSSR count). The summed E-state index contributed by atoms with van der Waals surface area (Å²) in [7, 11) is -3.88. The molecule has 0 fully saturated rings. The van der Waals surface area contributed by atoms with Crippen LogP contribution in [0, 0.1) is 0 Å². The van der Waals surface area contributed by atoms with E-state index in [1.807, 2.05) is 0 Å². The molecular formula is C16H16N2O5S. The number of carboxylic acid groups (broad SMARTS) is 1. The lowest BCUT2D eigenvalue weighted by atomic mass is 10.1. The van der Waals surface area contributed by atoms with Gasteiger partial charge in [-0.15, -0.1) is 0 Å². The molecule has 0 spiro atoms. The molecule has 1 aromatic carbocycles. The van der Waals surface area contributed by atoms with Crippen LogP contribution in [0.5, 0.6) is 5.75 Å². The van der Waals surface area contributed by atoms with Gasteiger partial charge in [-0.3, -0.25) is 9.78 Å². The molecule has 1 atom stereocenters. The van der Waals surface area contributed by atoms with E-state index in [0.29, 0.717) is 24.5 Å². The number of carboxylic acids is 1. The summed E-state index contributed by atoms with van der Waals surface area (Å²) >= 11 is 0. The maximum Gasteiger partial charge on any atom is 0.305 e. The quantitative estimate of drug-likeness (QED) is 0.820. The van der Waals surface area contributed by atoms with Gasteiger partial charge in [-0.05, 0) is 35.9 Å². The Morgan fingerprint density at radius 3 is 2.88 bits per heavy atom. The molecule has 0 aliphatic carbocycles. The summed E-state index contributed by atoms with van der Waals surface area (Å²) < 4.78 is 33.1. The van der Waals surface area contributed by atoms with Crippen molar-refractivity contribution in [2.24, 2.45) is 0 Å². The van der Waals surface area contributed by atoms with Gasteiger partial charge >= 0.3 is 5.97 Å². The number of carbonyl (C=O) groups is 1. The van der Waals surface area contributed by atoms with Gasteiger partial charge in [0, 0.05) is 12.6 Å². The number of nitrogens with zero attached hydrogens (tertiary/aromatic N) is 1. The number of aromatic nitrogens is 1. The van der Waals surface area contributed by atoms with Crippen LogP contribution in [-0.2, 0) is 21.2 Å². The maximum atomic E-state index is 12.6. The van der Waals surface area contributed by atoms with Crippen LogP contribution in [0.15, 0.2) is 47.5 Å². The zero-order valence-corrected chi connectivity index (χ0v) is 13.5. The highest BCUT2D eigenvalue weighted by Crippen LogP contribution is 2.28. The number of pyridine rings is 1. The van der Waals surface area contributed by atoms with Crippen LogP contribution in [0.2, 0.25) is 0 Å². The number of nitrogens with one attached hydrogen (secondary N) is 1. The fourth-order valence-electron chi connectivity index (χ4n) is 2.55. The number of aliphatic carboxylic acids is 1. The summed E-state index contributed by atoms with van der Waals surface area (Å²) in [6.45, 7) is 0.530. The lowest BCUT2D eigenvalue weighted by Crippen LogP contribution is -2.30. The molecule has 0 saturated heterocycles. The van der Waals surface area contributed by atoms with E-state index in [1.165, 1.54) is 12.3 Å². The zero-order chi connectivity index (χ0) is 17.2. The van der Waals surface area contributed by atoms with E-state index in [1.54, 1.807) is 30.3 Å². The van der Waals surface area contributed by atoms with Crippen LogP contribution in [0.25, 0.3) is 0 Å². The molecule has 2 aromatic rings. The van der Waals surface area contributed by atoms with Gasteiger partial charge in [-0.1, -0.05) is 6.07 Å². The number of rotatable bonds is 6. The Bertz CT molecular complexity index is 852. The Hall–Kier alpha value is -2.45. The number of fused-ring (bicyclic) bond motifs is 1. The highest BCUT2D eigenvalue weighted by molar-refractivity contribution is 7.89. The predicted octanol–water partition coefficient (Wildman–Crippen LogP) is 1.51. The second-order valence-electron chi connectivity index (χ2n) is 5.39. The Morgan fingerprint density at radius 1 is 1.33 bits per heavy atom. The standard InChI is InChI=1S/C16H16N2O5S/c19-16(20)10-14(13-3-1-2-7-17-13)18-24(21,22)12-4-5-15-11(9-12)6-8-23-15/h1-5,7,9,14,18H,6,8,10H2,(H,19,20). The zero-order valence-electron chi connectivity index (χ0n) is 12.7. The van der Waals surface area contributed by atoms with Gasteiger partial charge in [-0.25, -0.2) is 13.1 Å². The van der Waals surface area contributed by atoms with Gasteiger partial charge in [0.25, 0.3) is 0 Å².